The predicted octanol–water partition coefficient (Wildman–Crippen LogP) is 7.09. The first-order valence-electron chi connectivity index (χ1n) is 12.8. The minimum absolute atomic E-state index is 0.107. The van der Waals surface area contributed by atoms with Crippen molar-refractivity contribution in [2.45, 2.75) is 65.7 Å². The lowest BCUT2D eigenvalue weighted by molar-refractivity contribution is -0.135. The molecule has 0 bridgehead atoms. The van der Waals surface area contributed by atoms with Crippen LogP contribution in [0.5, 0.6) is 5.75 Å². The van der Waals surface area contributed by atoms with Crippen LogP contribution in [0.4, 0.5) is 10.5 Å². The number of carbonyl (C=O) groups is 2. The van der Waals surface area contributed by atoms with Crippen LogP contribution >= 0.6 is 0 Å². The highest BCUT2D eigenvalue weighted by atomic mass is 16.5. The summed E-state index contributed by atoms with van der Waals surface area (Å²) in [6, 6.07) is 13.0. The van der Waals surface area contributed by atoms with Gasteiger partial charge in [-0.3, -0.25) is 0 Å². The Morgan fingerprint density at radius 3 is 2.39 bits per heavy atom. The number of hydrogen-bond acceptors (Lipinski definition) is 4. The second-order valence-corrected chi connectivity index (χ2v) is 8.75. The third-order valence-electron chi connectivity index (χ3n) is 5.91. The van der Waals surface area contributed by atoms with Crippen molar-refractivity contribution in [2.24, 2.45) is 0 Å². The van der Waals surface area contributed by atoms with Gasteiger partial charge in [0.05, 0.1) is 13.7 Å². The average molecular weight is 497 g/mol. The van der Waals surface area contributed by atoms with Gasteiger partial charge in [0.15, 0.2) is 0 Å². The van der Waals surface area contributed by atoms with E-state index < -0.39 is 5.97 Å². The monoisotopic (exact) mass is 496 g/mol. The number of amides is 2. The number of urea groups is 1. The van der Waals surface area contributed by atoms with Gasteiger partial charge < -0.3 is 25.2 Å². The maximum atomic E-state index is 12.3. The van der Waals surface area contributed by atoms with E-state index in [2.05, 4.69) is 24.5 Å². The quantitative estimate of drug-likeness (QED) is 0.139. The van der Waals surface area contributed by atoms with Gasteiger partial charge in [-0.1, -0.05) is 70.2 Å². The molecule has 2 aromatic rings. The molecule has 2 rings (SSSR count). The Balaban J connectivity index is 2.23. The van der Waals surface area contributed by atoms with Crippen molar-refractivity contribution >= 4 is 23.3 Å². The molecule has 2 amide bonds. The Labute approximate surface area is 214 Å². The summed E-state index contributed by atoms with van der Waals surface area (Å²) in [5.74, 6) is -0.579. The van der Waals surface area contributed by atoms with Crippen molar-refractivity contribution < 1.29 is 24.2 Å². The molecular formula is C29H40N2O5. The Morgan fingerprint density at radius 2 is 1.69 bits per heavy atom. The summed E-state index contributed by atoms with van der Waals surface area (Å²) in [4.78, 5) is 23.9. The van der Waals surface area contributed by atoms with E-state index in [-0.39, 0.29) is 11.8 Å². The lowest BCUT2D eigenvalue weighted by Gasteiger charge is -2.16. The van der Waals surface area contributed by atoms with E-state index in [9.17, 15) is 14.7 Å². The fourth-order valence-corrected chi connectivity index (χ4v) is 3.84. The molecule has 3 N–H and O–H groups in total. The number of benzene rings is 2. The molecule has 7 heteroatoms. The predicted molar refractivity (Wildman–Crippen MR) is 145 cm³/mol. The number of aliphatic carboxylic acids is 1. The van der Waals surface area contributed by atoms with Crippen molar-refractivity contribution in [3.8, 4) is 16.9 Å². The average Bonchev–Trinajstić information content (AvgIpc) is 2.86. The van der Waals surface area contributed by atoms with Crippen molar-refractivity contribution in [1.29, 1.82) is 0 Å². The Hall–Kier alpha value is -3.48. The summed E-state index contributed by atoms with van der Waals surface area (Å²) in [5.41, 5.74) is 3.65. The Bertz CT molecular complexity index is 1030. The van der Waals surface area contributed by atoms with Crippen LogP contribution in [-0.2, 0) is 9.53 Å². The highest BCUT2D eigenvalue weighted by Crippen LogP contribution is 2.35. The topological polar surface area (TPSA) is 96.9 Å². The van der Waals surface area contributed by atoms with Gasteiger partial charge in [0.25, 0.3) is 0 Å². The first-order chi connectivity index (χ1) is 17.4. The van der Waals surface area contributed by atoms with E-state index in [4.69, 9.17) is 9.47 Å². The fraction of sp³-hybridized carbons (Fsp3) is 0.448. The van der Waals surface area contributed by atoms with Gasteiger partial charge >= 0.3 is 12.0 Å². The molecule has 0 aliphatic heterocycles. The number of methoxy groups -OCH3 is 1. The normalized spacial score (nSPS) is 11.4. The number of allylic oxidation sites excluding steroid dienone is 1. The molecule has 0 aromatic heterocycles. The van der Waals surface area contributed by atoms with E-state index in [1.807, 2.05) is 42.5 Å². The number of carbonyl (C=O) groups excluding carboxylic acids is 1. The summed E-state index contributed by atoms with van der Waals surface area (Å²) >= 11 is 0. The van der Waals surface area contributed by atoms with Gasteiger partial charge in [-0.15, -0.1) is 0 Å². The van der Waals surface area contributed by atoms with Crippen LogP contribution in [-0.4, -0.2) is 37.4 Å². The zero-order valence-electron chi connectivity index (χ0n) is 22.0. The molecule has 0 unspecified atom stereocenters. The van der Waals surface area contributed by atoms with Crippen LogP contribution < -0.4 is 15.4 Å². The minimum atomic E-state index is -1.12. The molecule has 0 aliphatic rings. The van der Waals surface area contributed by atoms with Gasteiger partial charge in [-0.25, -0.2) is 9.59 Å². The SMILES string of the molecule is CCCCCCCNC(=O)Nc1cccc(-c2ccc(C(C)=C(OC)C(=O)O)cc2OCCCC)c1. The van der Waals surface area contributed by atoms with E-state index in [0.29, 0.717) is 35.7 Å². The molecule has 0 saturated carbocycles. The van der Waals surface area contributed by atoms with Crippen LogP contribution in [0.15, 0.2) is 48.2 Å². The van der Waals surface area contributed by atoms with Crippen LogP contribution in [0.2, 0.25) is 0 Å². The molecule has 0 heterocycles. The first-order valence-corrected chi connectivity index (χ1v) is 12.8. The van der Waals surface area contributed by atoms with Crippen LogP contribution in [0.3, 0.4) is 0 Å². The maximum Gasteiger partial charge on any atom is 0.371 e. The number of carboxylic acid groups (broad SMARTS) is 1. The van der Waals surface area contributed by atoms with E-state index in [0.717, 1.165) is 36.8 Å². The third-order valence-corrected chi connectivity index (χ3v) is 5.91. The summed E-state index contributed by atoms with van der Waals surface area (Å²) in [6.07, 6.45) is 7.61. The zero-order valence-corrected chi connectivity index (χ0v) is 22.0. The van der Waals surface area contributed by atoms with Crippen molar-refractivity contribution in [3.63, 3.8) is 0 Å². The van der Waals surface area contributed by atoms with Gasteiger partial charge in [0.1, 0.15) is 5.75 Å². The number of carboxylic acids is 1. The summed E-state index contributed by atoms with van der Waals surface area (Å²) < 4.78 is 11.2. The molecule has 0 spiro atoms. The van der Waals surface area contributed by atoms with Crippen LogP contribution in [0.25, 0.3) is 16.7 Å². The number of nitrogens with one attached hydrogen (secondary N) is 2. The standard InChI is InChI=1S/C29H40N2O5/c1-5-7-9-10-11-17-30-29(34)31-24-14-12-13-23(19-24)25-16-15-22(20-26(25)36-18-8-6-2)21(3)27(35-4)28(32)33/h12-16,19-20H,5-11,17-18H2,1-4H3,(H,32,33)(H2,30,31,34). The molecule has 0 radical (unpaired) electrons. The molecule has 36 heavy (non-hydrogen) atoms. The number of unbranched alkanes of at least 4 members (excludes halogenated alkanes) is 5. The van der Waals surface area contributed by atoms with Crippen molar-refractivity contribution in [2.75, 3.05) is 25.6 Å². The summed E-state index contributed by atoms with van der Waals surface area (Å²) in [7, 11) is 1.35. The molecule has 0 fully saturated rings. The molecular weight excluding hydrogens is 456 g/mol. The van der Waals surface area contributed by atoms with Crippen LogP contribution in [0, 0.1) is 0 Å². The van der Waals surface area contributed by atoms with E-state index >= 15 is 0 Å². The van der Waals surface area contributed by atoms with Crippen LogP contribution in [0.1, 0.15) is 71.3 Å². The van der Waals surface area contributed by atoms with Crippen molar-refractivity contribution in [1.82, 2.24) is 5.32 Å². The molecule has 0 saturated heterocycles. The third kappa shape index (κ3) is 8.95. The minimum Gasteiger partial charge on any atom is -0.493 e. The maximum absolute atomic E-state index is 12.3. The second-order valence-electron chi connectivity index (χ2n) is 8.75. The first kappa shape index (κ1) is 28.8. The highest BCUT2D eigenvalue weighted by Gasteiger charge is 2.16. The van der Waals surface area contributed by atoms with Gasteiger partial charge in [-0.05, 0) is 49.1 Å². The highest BCUT2D eigenvalue weighted by molar-refractivity contribution is 5.94. The molecule has 196 valence electrons. The Morgan fingerprint density at radius 1 is 0.944 bits per heavy atom. The van der Waals surface area contributed by atoms with Crippen molar-refractivity contribution in [3.05, 3.63) is 53.8 Å². The summed E-state index contributed by atoms with van der Waals surface area (Å²) in [5, 5.41) is 15.3. The molecule has 0 aliphatic carbocycles. The molecule has 0 atom stereocenters. The number of rotatable bonds is 15. The lowest BCUT2D eigenvalue weighted by Crippen LogP contribution is -2.29. The van der Waals surface area contributed by atoms with E-state index in [1.54, 1.807) is 6.92 Å². The Kier molecular flexibility index (Phi) is 12.4. The zero-order chi connectivity index (χ0) is 26.3. The number of ether oxygens (including phenoxy) is 2. The van der Waals surface area contributed by atoms with Gasteiger partial charge in [-0.2, -0.15) is 0 Å². The summed E-state index contributed by atoms with van der Waals surface area (Å²) in [6.45, 7) is 7.19. The van der Waals surface area contributed by atoms with E-state index in [1.165, 1.54) is 26.4 Å². The largest absolute Gasteiger partial charge is 0.493 e. The smallest absolute Gasteiger partial charge is 0.371 e. The number of hydrogen-bond donors (Lipinski definition) is 3. The lowest BCUT2D eigenvalue weighted by atomic mass is 9.98. The molecule has 2 aromatic carbocycles. The van der Waals surface area contributed by atoms with Gasteiger partial charge in [0.2, 0.25) is 5.76 Å². The van der Waals surface area contributed by atoms with Gasteiger partial charge in [0, 0.05) is 23.4 Å². The number of anilines is 1. The second kappa shape index (κ2) is 15.5. The molecule has 7 nitrogen and oxygen atoms in total. The fourth-order valence-electron chi connectivity index (χ4n) is 3.84.